The fourth-order valence-electron chi connectivity index (χ4n) is 1.91. The number of nitrogen functional groups attached to an aromatic ring is 1. The maximum Gasteiger partial charge on any atom is 0.416 e. The van der Waals surface area contributed by atoms with Gasteiger partial charge in [-0.3, -0.25) is 4.98 Å². The number of hydrogen-bond donors (Lipinski definition) is 2. The highest BCUT2D eigenvalue weighted by atomic mass is 19.4. The maximum absolute atomic E-state index is 12.8. The normalized spacial score (nSPS) is 12.2. The van der Waals surface area contributed by atoms with Gasteiger partial charge < -0.3 is 10.8 Å². The van der Waals surface area contributed by atoms with E-state index in [9.17, 15) is 31.1 Å². The van der Waals surface area contributed by atoms with Crippen molar-refractivity contribution in [1.82, 2.24) is 4.98 Å². The molecule has 128 valence electrons. The number of rotatable bonds is 2. The SMILES string of the molecule is Nc1cnc(-c2cc(C(F)(F)F)cc(C(F)(F)F)c2)cc1C(=O)O. The van der Waals surface area contributed by atoms with Crippen LogP contribution in [0.4, 0.5) is 32.0 Å². The second kappa shape index (κ2) is 5.69. The Hall–Kier alpha value is -2.78. The van der Waals surface area contributed by atoms with E-state index in [-0.39, 0.29) is 17.4 Å². The molecule has 0 fully saturated rings. The summed E-state index contributed by atoms with van der Waals surface area (Å²) in [5.41, 5.74) is 0.659. The number of anilines is 1. The van der Waals surface area contributed by atoms with Gasteiger partial charge in [0.2, 0.25) is 0 Å². The van der Waals surface area contributed by atoms with E-state index >= 15 is 0 Å². The first kappa shape index (κ1) is 17.6. The number of benzene rings is 1. The van der Waals surface area contributed by atoms with Crippen LogP contribution in [-0.2, 0) is 12.4 Å². The zero-order valence-electron chi connectivity index (χ0n) is 11.5. The van der Waals surface area contributed by atoms with Gasteiger partial charge in [0.1, 0.15) is 0 Å². The number of carboxylic acid groups (broad SMARTS) is 1. The van der Waals surface area contributed by atoms with Crippen LogP contribution in [0.25, 0.3) is 11.3 Å². The van der Waals surface area contributed by atoms with Crippen molar-refractivity contribution >= 4 is 11.7 Å². The quantitative estimate of drug-likeness (QED) is 0.801. The highest BCUT2D eigenvalue weighted by Crippen LogP contribution is 2.38. The largest absolute Gasteiger partial charge is 0.478 e. The molecule has 2 rings (SSSR count). The Morgan fingerprint density at radius 3 is 1.88 bits per heavy atom. The second-order valence-corrected chi connectivity index (χ2v) is 4.76. The van der Waals surface area contributed by atoms with Gasteiger partial charge in [0, 0.05) is 5.56 Å². The summed E-state index contributed by atoms with van der Waals surface area (Å²) in [4.78, 5) is 14.6. The highest BCUT2D eigenvalue weighted by Gasteiger charge is 2.37. The molecule has 0 aliphatic rings. The summed E-state index contributed by atoms with van der Waals surface area (Å²) in [5, 5.41) is 8.94. The van der Waals surface area contributed by atoms with Gasteiger partial charge in [0.25, 0.3) is 0 Å². The smallest absolute Gasteiger partial charge is 0.416 e. The fraction of sp³-hybridized carbons (Fsp3) is 0.143. The van der Waals surface area contributed by atoms with E-state index < -0.39 is 40.6 Å². The first-order valence-corrected chi connectivity index (χ1v) is 6.18. The lowest BCUT2D eigenvalue weighted by molar-refractivity contribution is -0.143. The monoisotopic (exact) mass is 350 g/mol. The van der Waals surface area contributed by atoms with Gasteiger partial charge in [0.05, 0.1) is 34.3 Å². The Balaban J connectivity index is 2.70. The predicted octanol–water partition coefficient (Wildman–Crippen LogP) is 4.07. The first-order chi connectivity index (χ1) is 10.9. The summed E-state index contributed by atoms with van der Waals surface area (Å²) in [6, 6.07) is 1.70. The van der Waals surface area contributed by atoms with Gasteiger partial charge in [-0.05, 0) is 24.3 Å². The van der Waals surface area contributed by atoms with Crippen LogP contribution >= 0.6 is 0 Å². The van der Waals surface area contributed by atoms with Crippen LogP contribution in [0, 0.1) is 0 Å². The third kappa shape index (κ3) is 3.58. The number of carbonyl (C=O) groups is 1. The number of aromatic nitrogens is 1. The molecule has 0 spiro atoms. The first-order valence-electron chi connectivity index (χ1n) is 6.18. The van der Waals surface area contributed by atoms with Gasteiger partial charge in [-0.15, -0.1) is 0 Å². The lowest BCUT2D eigenvalue weighted by Gasteiger charge is -2.14. The minimum absolute atomic E-state index is 0.0289. The molecule has 24 heavy (non-hydrogen) atoms. The predicted molar refractivity (Wildman–Crippen MR) is 71.0 cm³/mol. The lowest BCUT2D eigenvalue weighted by atomic mass is 10.0. The standard InChI is InChI=1S/C14H8F6N2O2/c15-13(16,17)7-1-6(2-8(3-7)14(18,19)20)11-4-9(12(23)24)10(21)5-22-11/h1-5H,21H2,(H,23,24). The van der Waals surface area contributed by atoms with E-state index in [4.69, 9.17) is 10.8 Å². The maximum atomic E-state index is 12.8. The molecule has 0 aliphatic carbocycles. The van der Waals surface area contributed by atoms with Crippen LogP contribution < -0.4 is 5.73 Å². The summed E-state index contributed by atoms with van der Waals surface area (Å²) < 4.78 is 76.9. The average molecular weight is 350 g/mol. The summed E-state index contributed by atoms with van der Waals surface area (Å²) in [5.74, 6) is -1.49. The molecule has 0 atom stereocenters. The molecule has 0 aliphatic heterocycles. The van der Waals surface area contributed by atoms with Crippen molar-refractivity contribution in [2.24, 2.45) is 0 Å². The van der Waals surface area contributed by atoms with E-state index in [1.165, 1.54) is 0 Å². The Kier molecular flexibility index (Phi) is 4.17. The molecule has 0 bridgehead atoms. The molecule has 0 radical (unpaired) electrons. The number of hydrogen-bond acceptors (Lipinski definition) is 3. The van der Waals surface area contributed by atoms with Crippen LogP contribution in [0.5, 0.6) is 0 Å². The van der Waals surface area contributed by atoms with E-state index in [1.807, 2.05) is 0 Å². The Labute approximate surface area is 130 Å². The zero-order valence-corrected chi connectivity index (χ0v) is 11.5. The highest BCUT2D eigenvalue weighted by molar-refractivity contribution is 5.94. The van der Waals surface area contributed by atoms with E-state index in [1.54, 1.807) is 0 Å². The Bertz CT molecular complexity index is 767. The van der Waals surface area contributed by atoms with Gasteiger partial charge in [-0.25, -0.2) is 4.79 Å². The van der Waals surface area contributed by atoms with Crippen molar-refractivity contribution in [2.75, 3.05) is 5.73 Å². The van der Waals surface area contributed by atoms with Crippen molar-refractivity contribution in [1.29, 1.82) is 0 Å². The van der Waals surface area contributed by atoms with Gasteiger partial charge in [-0.2, -0.15) is 26.3 Å². The number of pyridine rings is 1. The molecular formula is C14H8F6N2O2. The van der Waals surface area contributed by atoms with Crippen molar-refractivity contribution in [2.45, 2.75) is 12.4 Å². The molecule has 1 aromatic heterocycles. The summed E-state index contributed by atoms with van der Waals surface area (Å²) in [6.45, 7) is 0. The molecule has 0 saturated heterocycles. The third-order valence-electron chi connectivity index (χ3n) is 3.05. The molecule has 0 unspecified atom stereocenters. The number of halogens is 6. The molecule has 10 heteroatoms. The summed E-state index contributed by atoms with van der Waals surface area (Å²) >= 11 is 0. The molecule has 4 nitrogen and oxygen atoms in total. The summed E-state index contributed by atoms with van der Waals surface area (Å²) in [6.07, 6.45) is -9.18. The van der Waals surface area contributed by atoms with Crippen molar-refractivity contribution in [3.8, 4) is 11.3 Å². The molecule has 0 amide bonds. The summed E-state index contributed by atoms with van der Waals surface area (Å²) in [7, 11) is 0. The average Bonchev–Trinajstić information content (AvgIpc) is 2.45. The van der Waals surface area contributed by atoms with Crippen molar-refractivity contribution in [3.05, 3.63) is 47.2 Å². The topological polar surface area (TPSA) is 76.2 Å². The lowest BCUT2D eigenvalue weighted by Crippen LogP contribution is -2.11. The number of alkyl halides is 6. The number of nitrogens with zero attached hydrogens (tertiary/aromatic N) is 1. The minimum atomic E-state index is -5.01. The van der Waals surface area contributed by atoms with Crippen LogP contribution in [-0.4, -0.2) is 16.1 Å². The van der Waals surface area contributed by atoms with E-state index in [2.05, 4.69) is 4.98 Å². The molecule has 1 heterocycles. The zero-order chi connectivity index (χ0) is 18.3. The molecule has 2 aromatic rings. The van der Waals surface area contributed by atoms with Crippen molar-refractivity contribution in [3.63, 3.8) is 0 Å². The van der Waals surface area contributed by atoms with Crippen molar-refractivity contribution < 1.29 is 36.2 Å². The molecule has 1 aromatic carbocycles. The third-order valence-corrected chi connectivity index (χ3v) is 3.05. The van der Waals surface area contributed by atoms with Crippen LogP contribution in [0.15, 0.2) is 30.5 Å². The fourth-order valence-corrected chi connectivity index (χ4v) is 1.91. The molecule has 3 N–H and O–H groups in total. The Morgan fingerprint density at radius 1 is 0.958 bits per heavy atom. The minimum Gasteiger partial charge on any atom is -0.478 e. The second-order valence-electron chi connectivity index (χ2n) is 4.76. The van der Waals surface area contributed by atoms with Gasteiger partial charge in [-0.1, -0.05) is 0 Å². The van der Waals surface area contributed by atoms with E-state index in [0.717, 1.165) is 12.3 Å². The van der Waals surface area contributed by atoms with Gasteiger partial charge >= 0.3 is 18.3 Å². The number of nitrogens with two attached hydrogens (primary N) is 1. The number of carboxylic acids is 1. The van der Waals surface area contributed by atoms with Crippen LogP contribution in [0.3, 0.4) is 0 Å². The number of aromatic carboxylic acids is 1. The van der Waals surface area contributed by atoms with E-state index in [0.29, 0.717) is 12.1 Å². The Morgan fingerprint density at radius 2 is 1.46 bits per heavy atom. The molecular weight excluding hydrogens is 342 g/mol. The van der Waals surface area contributed by atoms with Crippen LogP contribution in [0.1, 0.15) is 21.5 Å². The molecule has 0 saturated carbocycles. The van der Waals surface area contributed by atoms with Crippen LogP contribution in [0.2, 0.25) is 0 Å². The van der Waals surface area contributed by atoms with Gasteiger partial charge in [0.15, 0.2) is 0 Å².